The summed E-state index contributed by atoms with van der Waals surface area (Å²) in [5, 5.41) is 36.4. The zero-order chi connectivity index (χ0) is 28.1. The Bertz CT molecular complexity index is 894. The molecule has 0 bridgehead atoms. The van der Waals surface area contributed by atoms with Crippen molar-refractivity contribution >= 4 is 23.7 Å². The molecule has 6 atom stereocenters. The Labute approximate surface area is 217 Å². The highest BCUT2D eigenvalue weighted by atomic mass is 16.4. The fourth-order valence-corrected chi connectivity index (χ4v) is 3.53. The number of aliphatic carboxylic acids is 1. The van der Waals surface area contributed by atoms with Gasteiger partial charge in [0, 0.05) is 6.42 Å². The molecule has 0 spiro atoms. The van der Waals surface area contributed by atoms with Crippen LogP contribution >= 0.6 is 0 Å². The van der Waals surface area contributed by atoms with E-state index in [0.717, 1.165) is 0 Å². The highest BCUT2D eigenvalue weighted by molar-refractivity contribution is 5.94. The summed E-state index contributed by atoms with van der Waals surface area (Å²) < 4.78 is 0. The molecule has 1 rings (SSSR count). The predicted molar refractivity (Wildman–Crippen MR) is 137 cm³/mol. The minimum Gasteiger partial charge on any atom is -0.508 e. The first-order valence-corrected chi connectivity index (χ1v) is 12.5. The second-order valence-electron chi connectivity index (χ2n) is 9.25. The van der Waals surface area contributed by atoms with Crippen LogP contribution in [0.3, 0.4) is 0 Å². The van der Waals surface area contributed by atoms with Gasteiger partial charge in [0.2, 0.25) is 17.7 Å². The number of nitrogens with two attached hydrogens (primary N) is 2. The van der Waals surface area contributed by atoms with E-state index in [9.17, 15) is 34.5 Å². The maximum atomic E-state index is 13.3. The number of benzene rings is 1. The van der Waals surface area contributed by atoms with Gasteiger partial charge >= 0.3 is 5.97 Å². The maximum absolute atomic E-state index is 13.3. The van der Waals surface area contributed by atoms with Crippen LogP contribution in [0.25, 0.3) is 0 Å². The normalized spacial score (nSPS) is 15.9. The van der Waals surface area contributed by atoms with E-state index in [0.29, 0.717) is 31.4 Å². The molecule has 12 heteroatoms. The van der Waals surface area contributed by atoms with Crippen LogP contribution < -0.4 is 27.4 Å². The van der Waals surface area contributed by atoms with Crippen LogP contribution in [0.15, 0.2) is 24.3 Å². The summed E-state index contributed by atoms with van der Waals surface area (Å²) in [6, 6.07) is 1.36. The summed E-state index contributed by atoms with van der Waals surface area (Å²) in [7, 11) is 0. The van der Waals surface area contributed by atoms with E-state index < -0.39 is 54.0 Å². The van der Waals surface area contributed by atoms with Gasteiger partial charge < -0.3 is 42.7 Å². The molecule has 3 amide bonds. The van der Waals surface area contributed by atoms with Crippen LogP contribution in [-0.4, -0.2) is 75.8 Å². The lowest BCUT2D eigenvalue weighted by molar-refractivity contribution is -0.143. The molecule has 0 radical (unpaired) electrons. The molecule has 1 aromatic carbocycles. The molecule has 6 unspecified atom stereocenters. The van der Waals surface area contributed by atoms with Crippen molar-refractivity contribution in [2.45, 2.75) is 83.1 Å². The number of carbonyl (C=O) groups is 4. The molecule has 12 nitrogen and oxygen atoms in total. The van der Waals surface area contributed by atoms with Crippen molar-refractivity contribution in [3.63, 3.8) is 0 Å². The fraction of sp³-hybridized carbons (Fsp3) is 0.600. The second kappa shape index (κ2) is 15.8. The van der Waals surface area contributed by atoms with Gasteiger partial charge in [0.25, 0.3) is 0 Å². The Balaban J connectivity index is 3.13. The SMILES string of the molecule is CCC(C)C(NC(=O)C(Cc1ccc(O)cc1)NC(=O)C(N)C(C)O)C(=O)NC(CCCCN)C(=O)O. The molecule has 0 aliphatic rings. The number of aliphatic hydroxyl groups excluding tert-OH is 1. The van der Waals surface area contributed by atoms with E-state index in [4.69, 9.17) is 11.5 Å². The van der Waals surface area contributed by atoms with Gasteiger partial charge in [-0.05, 0) is 56.3 Å². The molecule has 1 aromatic rings. The predicted octanol–water partition coefficient (Wildman–Crippen LogP) is -0.643. The zero-order valence-electron chi connectivity index (χ0n) is 21.6. The quantitative estimate of drug-likeness (QED) is 0.129. The molecule has 0 heterocycles. The Morgan fingerprint density at radius 2 is 1.51 bits per heavy atom. The Kier molecular flexibility index (Phi) is 13.6. The van der Waals surface area contributed by atoms with Crippen molar-refractivity contribution in [3.8, 4) is 5.75 Å². The molecule has 37 heavy (non-hydrogen) atoms. The molecule has 0 saturated carbocycles. The van der Waals surface area contributed by atoms with Crippen LogP contribution in [0.5, 0.6) is 5.75 Å². The van der Waals surface area contributed by atoms with Gasteiger partial charge in [-0.1, -0.05) is 32.4 Å². The van der Waals surface area contributed by atoms with Gasteiger partial charge in [-0.15, -0.1) is 0 Å². The number of rotatable bonds is 16. The highest BCUT2D eigenvalue weighted by Crippen LogP contribution is 2.14. The van der Waals surface area contributed by atoms with Crippen molar-refractivity contribution < 1.29 is 34.5 Å². The average Bonchev–Trinajstić information content (AvgIpc) is 2.86. The van der Waals surface area contributed by atoms with Gasteiger partial charge in [0.15, 0.2) is 0 Å². The molecule has 0 aliphatic carbocycles. The molecule has 0 aromatic heterocycles. The minimum atomic E-state index is -1.28. The van der Waals surface area contributed by atoms with Crippen molar-refractivity contribution in [1.29, 1.82) is 0 Å². The Morgan fingerprint density at radius 3 is 2.03 bits per heavy atom. The summed E-state index contributed by atoms with van der Waals surface area (Å²) in [5.74, 6) is -3.62. The molecule has 208 valence electrons. The second-order valence-corrected chi connectivity index (χ2v) is 9.25. The van der Waals surface area contributed by atoms with Crippen molar-refractivity contribution in [3.05, 3.63) is 29.8 Å². The maximum Gasteiger partial charge on any atom is 0.326 e. The Morgan fingerprint density at radius 1 is 0.919 bits per heavy atom. The number of aromatic hydroxyl groups is 1. The van der Waals surface area contributed by atoms with Gasteiger partial charge in [-0.2, -0.15) is 0 Å². The monoisotopic (exact) mass is 523 g/mol. The molecule has 10 N–H and O–H groups in total. The first-order valence-electron chi connectivity index (χ1n) is 12.5. The first-order chi connectivity index (χ1) is 17.4. The number of carboxylic acids is 1. The highest BCUT2D eigenvalue weighted by Gasteiger charge is 2.33. The van der Waals surface area contributed by atoms with Crippen molar-refractivity contribution in [1.82, 2.24) is 16.0 Å². The van der Waals surface area contributed by atoms with E-state index in [1.54, 1.807) is 19.1 Å². The molecular formula is C25H41N5O7. The summed E-state index contributed by atoms with van der Waals surface area (Å²) >= 11 is 0. The number of carboxylic acid groups (broad SMARTS) is 1. The number of phenols is 1. The number of hydrogen-bond donors (Lipinski definition) is 8. The van der Waals surface area contributed by atoms with Crippen LogP contribution in [-0.2, 0) is 25.6 Å². The van der Waals surface area contributed by atoms with Crippen LogP contribution in [0.2, 0.25) is 0 Å². The van der Waals surface area contributed by atoms with Crippen molar-refractivity contribution in [2.75, 3.05) is 6.54 Å². The number of carbonyl (C=O) groups excluding carboxylic acids is 3. The summed E-state index contributed by atoms with van der Waals surface area (Å²) in [6.45, 7) is 5.31. The lowest BCUT2D eigenvalue weighted by atomic mass is 9.96. The number of aliphatic hydroxyl groups is 1. The van der Waals surface area contributed by atoms with E-state index in [1.165, 1.54) is 19.1 Å². The van der Waals surface area contributed by atoms with Crippen molar-refractivity contribution in [2.24, 2.45) is 17.4 Å². The third-order valence-electron chi connectivity index (χ3n) is 6.19. The lowest BCUT2D eigenvalue weighted by Crippen LogP contribution is -2.59. The third-order valence-corrected chi connectivity index (χ3v) is 6.19. The average molecular weight is 524 g/mol. The number of unbranched alkanes of at least 4 members (excludes halogenated alkanes) is 1. The number of amides is 3. The van der Waals surface area contributed by atoms with Crippen LogP contribution in [0.1, 0.15) is 52.0 Å². The summed E-state index contributed by atoms with van der Waals surface area (Å²) in [6.07, 6.45) is 0.664. The standard InChI is InChI=1S/C25H41N5O7/c1-4-14(2)21(24(35)28-18(25(36)37)7-5-6-12-26)30-22(33)19(29-23(34)20(27)15(3)31)13-16-8-10-17(32)11-9-16/h8-11,14-15,18-21,31-32H,4-7,12-13,26-27H2,1-3H3,(H,28,35)(H,29,34)(H,30,33)(H,36,37). The zero-order valence-corrected chi connectivity index (χ0v) is 21.6. The minimum absolute atomic E-state index is 0.00999. The van der Waals surface area contributed by atoms with Crippen LogP contribution in [0, 0.1) is 5.92 Å². The molecule has 0 saturated heterocycles. The summed E-state index contributed by atoms with van der Waals surface area (Å²) in [4.78, 5) is 50.6. The molecular weight excluding hydrogens is 482 g/mol. The first kappa shape index (κ1) is 31.8. The van der Waals surface area contributed by atoms with Gasteiger partial charge in [-0.3, -0.25) is 14.4 Å². The van der Waals surface area contributed by atoms with Gasteiger partial charge in [0.05, 0.1) is 6.10 Å². The molecule has 0 aliphatic heterocycles. The van der Waals surface area contributed by atoms with Gasteiger partial charge in [0.1, 0.15) is 29.9 Å². The Hall–Kier alpha value is -3.22. The number of nitrogens with one attached hydrogen (secondary N) is 3. The largest absolute Gasteiger partial charge is 0.508 e. The van der Waals surface area contributed by atoms with E-state index in [2.05, 4.69) is 16.0 Å². The van der Waals surface area contributed by atoms with Gasteiger partial charge in [-0.25, -0.2) is 4.79 Å². The smallest absolute Gasteiger partial charge is 0.326 e. The van der Waals surface area contributed by atoms with Crippen LogP contribution in [0.4, 0.5) is 0 Å². The van der Waals surface area contributed by atoms with E-state index in [1.807, 2.05) is 6.92 Å². The topological polar surface area (TPSA) is 217 Å². The fourth-order valence-electron chi connectivity index (χ4n) is 3.53. The summed E-state index contributed by atoms with van der Waals surface area (Å²) in [5.41, 5.74) is 11.8. The third kappa shape index (κ3) is 10.7. The van der Waals surface area contributed by atoms with E-state index in [-0.39, 0.29) is 24.5 Å². The number of hydrogen-bond acceptors (Lipinski definition) is 8. The molecule has 0 fully saturated rings. The van der Waals surface area contributed by atoms with E-state index >= 15 is 0 Å². The lowest BCUT2D eigenvalue weighted by Gasteiger charge is -2.28. The number of phenolic OH excluding ortho intramolecular Hbond substituents is 1.